The van der Waals surface area contributed by atoms with Crippen molar-refractivity contribution in [3.05, 3.63) is 94.0 Å². The molecule has 0 fully saturated rings. The van der Waals surface area contributed by atoms with Gasteiger partial charge in [-0.2, -0.15) is 0 Å². The van der Waals surface area contributed by atoms with Gasteiger partial charge in [0.05, 0.1) is 11.1 Å². The summed E-state index contributed by atoms with van der Waals surface area (Å²) in [4.78, 5) is 25.5. The van der Waals surface area contributed by atoms with Crippen molar-refractivity contribution < 1.29 is 19.8 Å². The third-order valence-electron chi connectivity index (χ3n) is 4.47. The molecule has 0 saturated carbocycles. The van der Waals surface area contributed by atoms with E-state index in [9.17, 15) is 19.8 Å². The van der Waals surface area contributed by atoms with Gasteiger partial charge in [0, 0.05) is 23.1 Å². The zero-order chi connectivity index (χ0) is 17.6. The van der Waals surface area contributed by atoms with Gasteiger partial charge in [-0.15, -0.1) is 0 Å². The number of carbonyl (C=O) groups is 2. The molecule has 0 amide bonds. The molecule has 122 valence electrons. The Morgan fingerprint density at radius 3 is 1.92 bits per heavy atom. The maximum atomic E-state index is 12.8. The van der Waals surface area contributed by atoms with E-state index in [4.69, 9.17) is 0 Å². The fourth-order valence-corrected chi connectivity index (χ4v) is 3.26. The molecule has 0 aromatic heterocycles. The Kier molecular flexibility index (Phi) is 3.39. The highest BCUT2D eigenvalue weighted by Crippen LogP contribution is 2.40. The number of benzene rings is 3. The van der Waals surface area contributed by atoms with Crippen LogP contribution in [0.5, 0.6) is 11.5 Å². The number of hydrogen-bond acceptors (Lipinski definition) is 4. The molecular formula is C21H14O4. The summed E-state index contributed by atoms with van der Waals surface area (Å²) in [5.74, 6) is -1.44. The Morgan fingerprint density at radius 2 is 1.28 bits per heavy atom. The summed E-state index contributed by atoms with van der Waals surface area (Å²) in [5.41, 5.74) is 1.57. The molecule has 4 rings (SSSR count). The fourth-order valence-electron chi connectivity index (χ4n) is 3.26. The van der Waals surface area contributed by atoms with Gasteiger partial charge in [0.15, 0.2) is 11.6 Å². The predicted molar refractivity (Wildman–Crippen MR) is 92.3 cm³/mol. The van der Waals surface area contributed by atoms with Crippen molar-refractivity contribution >= 4 is 11.6 Å². The molecular weight excluding hydrogens is 316 g/mol. The Hall–Kier alpha value is -3.40. The summed E-state index contributed by atoms with van der Waals surface area (Å²) in [6.45, 7) is 0. The number of fused-ring (bicyclic) bond motifs is 2. The maximum absolute atomic E-state index is 12.8. The Morgan fingerprint density at radius 1 is 0.720 bits per heavy atom. The monoisotopic (exact) mass is 330 g/mol. The van der Waals surface area contributed by atoms with Crippen LogP contribution in [0.3, 0.4) is 0 Å². The quantitative estimate of drug-likeness (QED) is 0.552. The highest BCUT2D eigenvalue weighted by molar-refractivity contribution is 6.30. The normalized spacial score (nSPS) is 12.6. The SMILES string of the molecule is O=C1c2ccccc2C(=O)c2c(O)c(Cc3ccccc3)cc(O)c21. The van der Waals surface area contributed by atoms with Crippen LogP contribution in [0.15, 0.2) is 60.7 Å². The lowest BCUT2D eigenvalue weighted by molar-refractivity contribution is 0.0974. The van der Waals surface area contributed by atoms with E-state index in [-0.39, 0.29) is 33.8 Å². The second kappa shape index (κ2) is 5.60. The summed E-state index contributed by atoms with van der Waals surface area (Å²) in [6, 6.07) is 17.2. The van der Waals surface area contributed by atoms with Crippen molar-refractivity contribution in [2.45, 2.75) is 6.42 Å². The van der Waals surface area contributed by atoms with E-state index in [0.29, 0.717) is 12.0 Å². The molecule has 25 heavy (non-hydrogen) atoms. The van der Waals surface area contributed by atoms with Crippen LogP contribution in [-0.2, 0) is 6.42 Å². The summed E-state index contributed by atoms with van der Waals surface area (Å²) in [5, 5.41) is 21.0. The molecule has 1 aliphatic carbocycles. The molecule has 0 radical (unpaired) electrons. The van der Waals surface area contributed by atoms with Crippen LogP contribution in [-0.4, -0.2) is 21.8 Å². The van der Waals surface area contributed by atoms with E-state index in [1.807, 2.05) is 30.3 Å². The first kappa shape index (κ1) is 15.1. The molecule has 0 bridgehead atoms. The van der Waals surface area contributed by atoms with Crippen LogP contribution in [0.2, 0.25) is 0 Å². The molecule has 0 aliphatic heterocycles. The highest BCUT2D eigenvalue weighted by atomic mass is 16.3. The second-order valence-electron chi connectivity index (χ2n) is 6.02. The average Bonchev–Trinajstić information content (AvgIpc) is 2.63. The van der Waals surface area contributed by atoms with Gasteiger partial charge >= 0.3 is 0 Å². The van der Waals surface area contributed by atoms with Gasteiger partial charge in [-0.05, 0) is 11.6 Å². The van der Waals surface area contributed by atoms with Gasteiger partial charge in [0.25, 0.3) is 0 Å². The summed E-state index contributed by atoms with van der Waals surface area (Å²) in [7, 11) is 0. The molecule has 4 heteroatoms. The first-order chi connectivity index (χ1) is 12.1. The number of hydrogen-bond donors (Lipinski definition) is 2. The third-order valence-corrected chi connectivity index (χ3v) is 4.47. The number of rotatable bonds is 2. The molecule has 2 N–H and O–H groups in total. The largest absolute Gasteiger partial charge is 0.507 e. The molecule has 3 aromatic rings. The average molecular weight is 330 g/mol. The van der Waals surface area contributed by atoms with Crippen molar-refractivity contribution in [1.29, 1.82) is 0 Å². The van der Waals surface area contributed by atoms with Crippen molar-refractivity contribution in [1.82, 2.24) is 0 Å². The second-order valence-corrected chi connectivity index (χ2v) is 6.02. The number of phenolic OH excluding ortho intramolecular Hbond substituents is 2. The standard InChI is InChI=1S/C21H14O4/c22-16-11-13(10-12-6-2-1-3-7-12)19(23)18-17(16)20(24)14-8-4-5-9-15(14)21(18)25/h1-9,11,22-23H,10H2. The molecule has 0 atom stereocenters. The first-order valence-electron chi connectivity index (χ1n) is 7.88. The zero-order valence-electron chi connectivity index (χ0n) is 13.2. The van der Waals surface area contributed by atoms with Gasteiger partial charge < -0.3 is 10.2 Å². The lowest BCUT2D eigenvalue weighted by Crippen LogP contribution is -2.21. The number of aromatic hydroxyl groups is 2. The van der Waals surface area contributed by atoms with Crippen LogP contribution < -0.4 is 0 Å². The number of ketones is 2. The van der Waals surface area contributed by atoms with Crippen molar-refractivity contribution in [2.24, 2.45) is 0 Å². The summed E-state index contributed by atoms with van der Waals surface area (Å²) < 4.78 is 0. The van der Waals surface area contributed by atoms with E-state index >= 15 is 0 Å². The lowest BCUT2D eigenvalue weighted by atomic mass is 9.81. The molecule has 1 aliphatic rings. The van der Waals surface area contributed by atoms with E-state index in [2.05, 4.69) is 0 Å². The van der Waals surface area contributed by atoms with Crippen LogP contribution in [0.25, 0.3) is 0 Å². The summed E-state index contributed by atoms with van der Waals surface area (Å²) >= 11 is 0. The van der Waals surface area contributed by atoms with Crippen molar-refractivity contribution in [2.75, 3.05) is 0 Å². The molecule has 4 nitrogen and oxygen atoms in total. The number of carbonyl (C=O) groups excluding carboxylic acids is 2. The van der Waals surface area contributed by atoms with Gasteiger partial charge in [0.2, 0.25) is 0 Å². The van der Waals surface area contributed by atoms with Gasteiger partial charge in [-0.25, -0.2) is 0 Å². The summed E-state index contributed by atoms with van der Waals surface area (Å²) in [6.07, 6.45) is 0.344. The molecule has 0 spiro atoms. The minimum Gasteiger partial charge on any atom is -0.507 e. The Balaban J connectivity index is 1.90. The fraction of sp³-hybridized carbons (Fsp3) is 0.0476. The van der Waals surface area contributed by atoms with E-state index in [1.165, 1.54) is 6.07 Å². The van der Waals surface area contributed by atoms with Gasteiger partial charge in [-0.3, -0.25) is 9.59 Å². The van der Waals surface area contributed by atoms with E-state index < -0.39 is 11.6 Å². The third kappa shape index (κ3) is 2.31. The zero-order valence-corrected chi connectivity index (χ0v) is 13.2. The smallest absolute Gasteiger partial charge is 0.198 e. The minimum atomic E-state index is -0.454. The van der Waals surface area contributed by atoms with Crippen LogP contribution in [0, 0.1) is 0 Å². The van der Waals surface area contributed by atoms with Crippen LogP contribution in [0.4, 0.5) is 0 Å². The molecule has 3 aromatic carbocycles. The minimum absolute atomic E-state index is 0.116. The number of phenols is 2. The molecule has 0 heterocycles. The first-order valence-corrected chi connectivity index (χ1v) is 7.88. The van der Waals surface area contributed by atoms with Crippen LogP contribution >= 0.6 is 0 Å². The maximum Gasteiger partial charge on any atom is 0.198 e. The van der Waals surface area contributed by atoms with Crippen LogP contribution in [0.1, 0.15) is 43.0 Å². The van der Waals surface area contributed by atoms with Gasteiger partial charge in [0.1, 0.15) is 11.5 Å². The molecule has 0 saturated heterocycles. The van der Waals surface area contributed by atoms with E-state index in [0.717, 1.165) is 5.56 Å². The molecule has 0 unspecified atom stereocenters. The Bertz CT molecular complexity index is 1020. The Labute approximate surface area is 144 Å². The predicted octanol–water partition coefficient (Wildman–Crippen LogP) is 3.46. The highest BCUT2D eigenvalue weighted by Gasteiger charge is 2.35. The van der Waals surface area contributed by atoms with E-state index in [1.54, 1.807) is 24.3 Å². The van der Waals surface area contributed by atoms with Crippen molar-refractivity contribution in [3.8, 4) is 11.5 Å². The topological polar surface area (TPSA) is 74.6 Å². The van der Waals surface area contributed by atoms with Gasteiger partial charge in [-0.1, -0.05) is 54.6 Å². The van der Waals surface area contributed by atoms with Crippen molar-refractivity contribution in [3.63, 3.8) is 0 Å². The lowest BCUT2D eigenvalue weighted by Gasteiger charge is -2.21.